The Hall–Kier alpha value is -3.43. The Kier molecular flexibility index (Phi) is 6.62. The van der Waals surface area contributed by atoms with E-state index < -0.39 is 10.0 Å². The van der Waals surface area contributed by atoms with Crippen molar-refractivity contribution in [2.75, 3.05) is 26.2 Å². The van der Waals surface area contributed by atoms with Gasteiger partial charge in [0.05, 0.1) is 0 Å². The van der Waals surface area contributed by atoms with Crippen molar-refractivity contribution >= 4 is 22.0 Å². The number of sulfonamides is 1. The lowest BCUT2D eigenvalue weighted by molar-refractivity contribution is -0.127. The topological polar surface area (TPSA) is 93.0 Å². The summed E-state index contributed by atoms with van der Waals surface area (Å²) in [6, 6.07) is 16.9. The predicted molar refractivity (Wildman–Crippen MR) is 123 cm³/mol. The second kappa shape index (κ2) is 9.60. The van der Waals surface area contributed by atoms with Gasteiger partial charge in [-0.15, -0.1) is 0 Å². The second-order valence-electron chi connectivity index (χ2n) is 7.70. The molecule has 0 radical (unpaired) electrons. The van der Waals surface area contributed by atoms with Gasteiger partial charge in [-0.1, -0.05) is 35.5 Å². The highest BCUT2D eigenvalue weighted by molar-refractivity contribution is 7.89. The fraction of sp³-hybridized carbons (Fsp3) is 0.250. The van der Waals surface area contributed by atoms with Crippen LogP contribution in [0.15, 0.2) is 70.1 Å². The van der Waals surface area contributed by atoms with Crippen molar-refractivity contribution in [3.63, 3.8) is 0 Å². The first-order valence-corrected chi connectivity index (χ1v) is 12.0. The van der Waals surface area contributed by atoms with Gasteiger partial charge in [0, 0.05) is 32.3 Å². The van der Waals surface area contributed by atoms with Crippen molar-refractivity contribution < 1.29 is 22.5 Å². The van der Waals surface area contributed by atoms with Gasteiger partial charge in [-0.25, -0.2) is 8.42 Å². The molecule has 8 nitrogen and oxygen atoms in total. The number of carbonyl (C=O) groups is 1. The quantitative estimate of drug-likeness (QED) is 0.514. The number of hydrogen-bond donors (Lipinski definition) is 0. The van der Waals surface area contributed by atoms with Gasteiger partial charge in [-0.2, -0.15) is 4.31 Å². The average molecular weight is 468 g/mol. The summed E-state index contributed by atoms with van der Waals surface area (Å²) in [5.74, 6) is 1.51. The molecule has 1 aromatic heterocycles. The van der Waals surface area contributed by atoms with E-state index in [1.807, 2.05) is 54.6 Å². The number of carbonyl (C=O) groups excluding carboxylic acids is 1. The first kappa shape index (κ1) is 22.8. The number of para-hydroxylation sites is 1. The van der Waals surface area contributed by atoms with Crippen molar-refractivity contribution in [2.45, 2.75) is 18.7 Å². The standard InChI is InChI=1S/C24H25N3O5S/c1-18-24(19(2)32-25-18)33(29,30)27-15-13-26(14-16-27)23(28)12-11-20-7-6-10-22(17-20)31-21-8-4-3-5-9-21/h3-12,17H,13-16H2,1-2H3/b12-11+. The maximum Gasteiger partial charge on any atom is 0.248 e. The van der Waals surface area contributed by atoms with Crippen LogP contribution in [0.2, 0.25) is 0 Å². The Morgan fingerprint density at radius 1 is 1.00 bits per heavy atom. The summed E-state index contributed by atoms with van der Waals surface area (Å²) in [6.07, 6.45) is 3.23. The van der Waals surface area contributed by atoms with Crippen molar-refractivity contribution in [1.29, 1.82) is 0 Å². The van der Waals surface area contributed by atoms with Crippen LogP contribution in [-0.4, -0.2) is 54.9 Å². The third-order valence-corrected chi connectivity index (χ3v) is 7.52. The molecule has 0 spiro atoms. The molecule has 33 heavy (non-hydrogen) atoms. The van der Waals surface area contributed by atoms with Gasteiger partial charge in [-0.05, 0) is 49.8 Å². The second-order valence-corrected chi connectivity index (χ2v) is 9.58. The zero-order chi connectivity index (χ0) is 23.4. The lowest BCUT2D eigenvalue weighted by atomic mass is 10.2. The Morgan fingerprint density at radius 2 is 1.70 bits per heavy atom. The number of amides is 1. The number of benzene rings is 2. The molecule has 1 amide bonds. The molecule has 1 aliphatic heterocycles. The minimum atomic E-state index is -3.71. The molecule has 0 atom stereocenters. The molecule has 1 aliphatic rings. The van der Waals surface area contributed by atoms with Gasteiger partial charge in [0.25, 0.3) is 0 Å². The Balaban J connectivity index is 1.36. The third kappa shape index (κ3) is 5.15. The van der Waals surface area contributed by atoms with Gasteiger partial charge < -0.3 is 14.2 Å². The van der Waals surface area contributed by atoms with Crippen LogP contribution in [0.25, 0.3) is 6.08 Å². The lowest BCUT2D eigenvalue weighted by Gasteiger charge is -2.33. The number of rotatable bonds is 6. The van der Waals surface area contributed by atoms with E-state index >= 15 is 0 Å². The molecule has 0 unspecified atom stereocenters. The van der Waals surface area contributed by atoms with Gasteiger partial charge in [0.15, 0.2) is 5.76 Å². The fourth-order valence-electron chi connectivity index (χ4n) is 3.70. The molecule has 1 saturated heterocycles. The summed E-state index contributed by atoms with van der Waals surface area (Å²) in [4.78, 5) is 14.4. The van der Waals surface area contributed by atoms with E-state index in [-0.39, 0.29) is 29.7 Å². The minimum absolute atomic E-state index is 0.111. The van der Waals surface area contributed by atoms with Crippen molar-refractivity contribution in [1.82, 2.24) is 14.4 Å². The molecule has 9 heteroatoms. The van der Waals surface area contributed by atoms with E-state index in [1.165, 1.54) is 10.4 Å². The molecule has 172 valence electrons. The van der Waals surface area contributed by atoms with Crippen LogP contribution in [0.4, 0.5) is 0 Å². The van der Waals surface area contributed by atoms with Crippen LogP contribution < -0.4 is 4.74 Å². The van der Waals surface area contributed by atoms with Crippen LogP contribution in [0.3, 0.4) is 0 Å². The number of piperazine rings is 1. The monoisotopic (exact) mass is 467 g/mol. The average Bonchev–Trinajstić information content (AvgIpc) is 3.17. The van der Waals surface area contributed by atoms with Crippen molar-refractivity contribution in [3.05, 3.63) is 77.7 Å². The SMILES string of the molecule is Cc1noc(C)c1S(=O)(=O)N1CCN(C(=O)/C=C/c2cccc(Oc3ccccc3)c2)CC1. The maximum atomic E-state index is 12.9. The largest absolute Gasteiger partial charge is 0.457 e. The predicted octanol–water partition coefficient (Wildman–Crippen LogP) is 3.63. The Bertz CT molecular complexity index is 1240. The van der Waals surface area contributed by atoms with E-state index in [1.54, 1.807) is 24.8 Å². The normalized spacial score (nSPS) is 15.2. The highest BCUT2D eigenvalue weighted by Gasteiger charge is 2.33. The fourth-order valence-corrected chi connectivity index (χ4v) is 5.41. The first-order valence-electron chi connectivity index (χ1n) is 10.6. The molecule has 3 aromatic rings. The van der Waals surface area contributed by atoms with Gasteiger partial charge in [0.1, 0.15) is 22.1 Å². The van der Waals surface area contributed by atoms with E-state index in [9.17, 15) is 13.2 Å². The van der Waals surface area contributed by atoms with Gasteiger partial charge >= 0.3 is 0 Å². The lowest BCUT2D eigenvalue weighted by Crippen LogP contribution is -2.50. The van der Waals surface area contributed by atoms with Crippen molar-refractivity contribution in [3.8, 4) is 11.5 Å². The summed E-state index contributed by atoms with van der Waals surface area (Å²) >= 11 is 0. The molecule has 0 bridgehead atoms. The molecule has 0 aliphatic carbocycles. The molecule has 4 rings (SSSR count). The zero-order valence-corrected chi connectivity index (χ0v) is 19.3. The van der Waals surface area contributed by atoms with Gasteiger partial charge in [0.2, 0.25) is 15.9 Å². The molecule has 2 heterocycles. The number of ether oxygens (including phenoxy) is 1. The van der Waals surface area contributed by atoms with Crippen LogP contribution >= 0.6 is 0 Å². The van der Waals surface area contributed by atoms with E-state index in [2.05, 4.69) is 5.16 Å². The number of aryl methyl sites for hydroxylation is 2. The minimum Gasteiger partial charge on any atom is -0.457 e. The van der Waals surface area contributed by atoms with Crippen LogP contribution in [0.5, 0.6) is 11.5 Å². The Morgan fingerprint density at radius 3 is 2.36 bits per heavy atom. The smallest absolute Gasteiger partial charge is 0.248 e. The Labute approximate surface area is 193 Å². The van der Waals surface area contributed by atoms with Gasteiger partial charge in [-0.3, -0.25) is 4.79 Å². The molecule has 0 N–H and O–H groups in total. The van der Waals surface area contributed by atoms with Crippen molar-refractivity contribution in [2.24, 2.45) is 0 Å². The summed E-state index contributed by atoms with van der Waals surface area (Å²) in [5.41, 5.74) is 1.17. The maximum absolute atomic E-state index is 12.9. The molecule has 1 fully saturated rings. The van der Waals surface area contributed by atoms with Crippen LogP contribution in [0.1, 0.15) is 17.0 Å². The number of nitrogens with zero attached hydrogens (tertiary/aromatic N) is 3. The van der Waals surface area contributed by atoms with Crippen LogP contribution in [-0.2, 0) is 14.8 Å². The summed E-state index contributed by atoms with van der Waals surface area (Å²) in [5, 5.41) is 3.74. The zero-order valence-electron chi connectivity index (χ0n) is 18.5. The van der Waals surface area contributed by atoms with Crippen LogP contribution in [0, 0.1) is 13.8 Å². The highest BCUT2D eigenvalue weighted by Crippen LogP contribution is 2.25. The molecular formula is C24H25N3O5S. The van der Waals surface area contributed by atoms with E-state index in [4.69, 9.17) is 9.26 Å². The highest BCUT2D eigenvalue weighted by atomic mass is 32.2. The summed E-state index contributed by atoms with van der Waals surface area (Å²) < 4.78 is 38.1. The molecule has 0 saturated carbocycles. The summed E-state index contributed by atoms with van der Waals surface area (Å²) in [6.45, 7) is 4.23. The number of aromatic nitrogens is 1. The van der Waals surface area contributed by atoms with E-state index in [0.717, 1.165) is 11.3 Å². The third-order valence-electron chi connectivity index (χ3n) is 5.37. The number of hydrogen-bond acceptors (Lipinski definition) is 6. The summed E-state index contributed by atoms with van der Waals surface area (Å²) in [7, 11) is -3.71. The molecular weight excluding hydrogens is 442 g/mol. The first-order chi connectivity index (χ1) is 15.8. The molecule has 2 aromatic carbocycles. The van der Waals surface area contributed by atoms with E-state index in [0.29, 0.717) is 24.5 Å².